The fourth-order valence-electron chi connectivity index (χ4n) is 1.96. The zero-order chi connectivity index (χ0) is 13.5. The topological polar surface area (TPSA) is 59.0 Å². The van der Waals surface area contributed by atoms with Crippen LogP contribution in [-0.4, -0.2) is 53.1 Å². The molecule has 5 nitrogen and oxygen atoms in total. The third kappa shape index (κ3) is 4.91. The van der Waals surface area contributed by atoms with Crippen molar-refractivity contribution in [2.45, 2.75) is 11.3 Å². The Morgan fingerprint density at radius 1 is 1.26 bits per heavy atom. The molecule has 1 aliphatic rings. The summed E-state index contributed by atoms with van der Waals surface area (Å²) in [4.78, 5) is 2.76. The first-order chi connectivity index (χ1) is 9.25. The predicted octanol–water partition coefficient (Wildman–Crippen LogP) is 1.37. The summed E-state index contributed by atoms with van der Waals surface area (Å²) in [5.41, 5.74) is 0. The van der Waals surface area contributed by atoms with Gasteiger partial charge in [0.2, 0.25) is 0 Å². The van der Waals surface area contributed by atoms with Crippen LogP contribution in [0, 0.1) is 0 Å². The van der Waals surface area contributed by atoms with E-state index >= 15 is 0 Å². The smallest absolute Gasteiger partial charge is 0.186 e. The molecule has 1 aliphatic heterocycles. The van der Waals surface area contributed by atoms with Crippen molar-refractivity contribution in [2.24, 2.45) is 0 Å². The molecule has 0 radical (unpaired) electrons. The first kappa shape index (κ1) is 14.5. The van der Waals surface area contributed by atoms with Crippen molar-refractivity contribution >= 4 is 11.1 Å². The average molecular weight is 285 g/mol. The normalized spacial score (nSPS) is 18.2. The number of benzene rings is 1. The summed E-state index contributed by atoms with van der Waals surface area (Å²) >= 11 is -1.92. The van der Waals surface area contributed by atoms with Gasteiger partial charge in [-0.25, -0.2) is 4.21 Å². The minimum Gasteiger partial charge on any atom is -0.494 e. The van der Waals surface area contributed by atoms with Crippen molar-refractivity contribution in [3.05, 3.63) is 24.3 Å². The third-order valence-electron chi connectivity index (χ3n) is 3.02. The highest BCUT2D eigenvalue weighted by molar-refractivity contribution is 7.79. The van der Waals surface area contributed by atoms with Crippen molar-refractivity contribution in [2.75, 3.05) is 39.5 Å². The summed E-state index contributed by atoms with van der Waals surface area (Å²) in [5.74, 6) is 0.733. The third-order valence-corrected chi connectivity index (χ3v) is 3.69. The Bertz CT molecular complexity index is 404. The lowest BCUT2D eigenvalue weighted by molar-refractivity contribution is 0.0358. The van der Waals surface area contributed by atoms with Gasteiger partial charge in [0.15, 0.2) is 11.1 Å². The number of morpholine rings is 1. The molecule has 1 heterocycles. The van der Waals surface area contributed by atoms with E-state index in [4.69, 9.17) is 14.0 Å². The molecular weight excluding hydrogens is 266 g/mol. The number of hydrogen-bond acceptors (Lipinski definition) is 4. The molecule has 0 aliphatic carbocycles. The van der Waals surface area contributed by atoms with Gasteiger partial charge in [0.25, 0.3) is 0 Å². The summed E-state index contributed by atoms with van der Waals surface area (Å²) in [5, 5.41) is 0. The van der Waals surface area contributed by atoms with Crippen LogP contribution >= 0.6 is 0 Å². The summed E-state index contributed by atoms with van der Waals surface area (Å²) in [6.07, 6.45) is 0.966. The van der Waals surface area contributed by atoms with E-state index in [2.05, 4.69) is 4.90 Å². The highest BCUT2D eigenvalue weighted by atomic mass is 32.2. The molecule has 6 heteroatoms. The quantitative estimate of drug-likeness (QED) is 0.632. The Balaban J connectivity index is 1.66. The van der Waals surface area contributed by atoms with E-state index in [-0.39, 0.29) is 0 Å². The lowest BCUT2D eigenvalue weighted by Crippen LogP contribution is -2.37. The van der Waals surface area contributed by atoms with Crippen molar-refractivity contribution in [3.63, 3.8) is 0 Å². The average Bonchev–Trinajstić information content (AvgIpc) is 2.45. The van der Waals surface area contributed by atoms with E-state index in [1.165, 1.54) is 0 Å². The first-order valence-corrected chi connectivity index (χ1v) is 7.50. The van der Waals surface area contributed by atoms with E-state index in [1.54, 1.807) is 24.3 Å². The number of rotatable bonds is 6. The predicted molar refractivity (Wildman–Crippen MR) is 72.9 cm³/mol. The van der Waals surface area contributed by atoms with Crippen LogP contribution in [0.2, 0.25) is 0 Å². The first-order valence-electron chi connectivity index (χ1n) is 6.39. The van der Waals surface area contributed by atoms with Crippen molar-refractivity contribution < 1.29 is 18.2 Å². The zero-order valence-corrected chi connectivity index (χ0v) is 11.6. The van der Waals surface area contributed by atoms with Crippen LogP contribution in [0.4, 0.5) is 0 Å². The molecule has 1 aromatic rings. The molecule has 1 N–H and O–H groups in total. The monoisotopic (exact) mass is 285 g/mol. The highest BCUT2D eigenvalue weighted by Crippen LogP contribution is 2.14. The maximum absolute atomic E-state index is 10.8. The molecule has 0 amide bonds. The van der Waals surface area contributed by atoms with Gasteiger partial charge in [-0.2, -0.15) is 0 Å². The largest absolute Gasteiger partial charge is 0.494 e. The van der Waals surface area contributed by atoms with Gasteiger partial charge in [-0.15, -0.1) is 0 Å². The van der Waals surface area contributed by atoms with Gasteiger partial charge in [0.05, 0.1) is 24.7 Å². The second-order valence-electron chi connectivity index (χ2n) is 4.38. The molecule has 1 aromatic carbocycles. The molecule has 0 bridgehead atoms. The maximum Gasteiger partial charge on any atom is 0.186 e. The van der Waals surface area contributed by atoms with E-state index in [0.29, 0.717) is 11.5 Å². The van der Waals surface area contributed by atoms with Crippen LogP contribution in [0.3, 0.4) is 0 Å². The molecule has 0 spiro atoms. The molecule has 1 unspecified atom stereocenters. The van der Waals surface area contributed by atoms with Gasteiger partial charge in [0.1, 0.15) is 5.75 Å². The summed E-state index contributed by atoms with van der Waals surface area (Å²) in [6.45, 7) is 5.30. The minimum absolute atomic E-state index is 0.390. The lowest BCUT2D eigenvalue weighted by Gasteiger charge is -2.26. The van der Waals surface area contributed by atoms with E-state index < -0.39 is 11.1 Å². The minimum atomic E-state index is -1.92. The molecule has 1 saturated heterocycles. The van der Waals surface area contributed by atoms with Crippen LogP contribution in [0.15, 0.2) is 29.2 Å². The van der Waals surface area contributed by atoms with E-state index in [9.17, 15) is 4.21 Å². The number of nitrogens with zero attached hydrogens (tertiary/aromatic N) is 1. The van der Waals surface area contributed by atoms with Gasteiger partial charge in [-0.1, -0.05) is 0 Å². The summed E-state index contributed by atoms with van der Waals surface area (Å²) < 4.78 is 30.6. The molecule has 0 aromatic heterocycles. The SMILES string of the molecule is O=S(O)c1ccc(OCCCN2CCOCC2)cc1. The lowest BCUT2D eigenvalue weighted by atomic mass is 10.3. The van der Waals surface area contributed by atoms with E-state index in [1.807, 2.05) is 0 Å². The van der Waals surface area contributed by atoms with Crippen LogP contribution in [0.5, 0.6) is 5.75 Å². The molecular formula is C13H19NO4S. The summed E-state index contributed by atoms with van der Waals surface area (Å²) in [7, 11) is 0. The van der Waals surface area contributed by atoms with Gasteiger partial charge >= 0.3 is 0 Å². The second kappa shape index (κ2) is 7.59. The van der Waals surface area contributed by atoms with Crippen molar-refractivity contribution in [3.8, 4) is 5.75 Å². The van der Waals surface area contributed by atoms with Crippen molar-refractivity contribution in [1.29, 1.82) is 0 Å². The molecule has 1 atom stereocenters. The summed E-state index contributed by atoms with van der Waals surface area (Å²) in [6, 6.07) is 6.65. The zero-order valence-electron chi connectivity index (χ0n) is 10.8. The number of hydrogen-bond donors (Lipinski definition) is 1. The Kier molecular flexibility index (Phi) is 5.78. The molecule has 0 saturated carbocycles. The Hall–Kier alpha value is -0.950. The highest BCUT2D eigenvalue weighted by Gasteiger charge is 2.09. The molecule has 19 heavy (non-hydrogen) atoms. The second-order valence-corrected chi connectivity index (χ2v) is 5.35. The van der Waals surface area contributed by atoms with Gasteiger partial charge in [0, 0.05) is 19.6 Å². The van der Waals surface area contributed by atoms with E-state index in [0.717, 1.165) is 45.0 Å². The maximum atomic E-state index is 10.8. The fourth-order valence-corrected chi connectivity index (χ4v) is 2.32. The Morgan fingerprint density at radius 2 is 1.95 bits per heavy atom. The van der Waals surface area contributed by atoms with Crippen LogP contribution in [-0.2, 0) is 15.8 Å². The van der Waals surface area contributed by atoms with Crippen LogP contribution in [0.25, 0.3) is 0 Å². The molecule has 106 valence electrons. The number of ether oxygens (including phenoxy) is 2. The molecule has 2 rings (SSSR count). The van der Waals surface area contributed by atoms with Crippen molar-refractivity contribution in [1.82, 2.24) is 4.90 Å². The standard InChI is InChI=1S/C13H19NO4S/c15-19(16)13-4-2-12(3-5-13)18-9-1-6-14-7-10-17-11-8-14/h2-5H,1,6-11H2,(H,15,16). The van der Waals surface area contributed by atoms with Gasteiger partial charge < -0.3 is 14.0 Å². The molecule has 1 fully saturated rings. The van der Waals surface area contributed by atoms with Crippen LogP contribution < -0.4 is 4.74 Å². The Labute approximate surface area is 115 Å². The van der Waals surface area contributed by atoms with Crippen LogP contribution in [0.1, 0.15) is 6.42 Å². The fraction of sp³-hybridized carbons (Fsp3) is 0.538. The van der Waals surface area contributed by atoms with Gasteiger partial charge in [-0.05, 0) is 30.7 Å². The Morgan fingerprint density at radius 3 is 2.58 bits per heavy atom. The van der Waals surface area contributed by atoms with Gasteiger partial charge in [-0.3, -0.25) is 4.90 Å².